The van der Waals surface area contributed by atoms with Crippen molar-refractivity contribution in [3.63, 3.8) is 0 Å². The molecule has 2 rings (SSSR count). The molecule has 24 heavy (non-hydrogen) atoms. The first-order valence-corrected chi connectivity index (χ1v) is 8.46. The van der Waals surface area contributed by atoms with Crippen molar-refractivity contribution in [2.75, 3.05) is 5.32 Å². The Morgan fingerprint density at radius 3 is 2.38 bits per heavy atom. The second-order valence-corrected chi connectivity index (χ2v) is 7.08. The zero-order valence-electron chi connectivity index (χ0n) is 15.2. The van der Waals surface area contributed by atoms with E-state index in [1.807, 2.05) is 48.5 Å². The second kappa shape index (κ2) is 7.52. The van der Waals surface area contributed by atoms with Crippen molar-refractivity contribution < 1.29 is 9.53 Å². The summed E-state index contributed by atoms with van der Waals surface area (Å²) in [6, 6.07) is 15.8. The molecule has 0 saturated heterocycles. The molecule has 0 spiro atoms. The monoisotopic (exact) mass is 325 g/mol. The first-order valence-electron chi connectivity index (χ1n) is 8.46. The molecule has 128 valence electrons. The Bertz CT molecular complexity index is 684. The summed E-state index contributed by atoms with van der Waals surface area (Å²) in [5, 5.41) is 2.91. The Kier molecular flexibility index (Phi) is 5.66. The summed E-state index contributed by atoms with van der Waals surface area (Å²) in [4.78, 5) is 12.3. The highest BCUT2D eigenvalue weighted by Gasteiger charge is 2.16. The zero-order chi connectivity index (χ0) is 17.7. The predicted molar refractivity (Wildman–Crippen MR) is 99.7 cm³/mol. The first-order chi connectivity index (χ1) is 11.3. The van der Waals surface area contributed by atoms with Crippen LogP contribution in [0.2, 0.25) is 0 Å². The van der Waals surface area contributed by atoms with Gasteiger partial charge in [-0.1, -0.05) is 52.0 Å². The minimum absolute atomic E-state index is 0.100. The molecule has 2 aromatic carbocycles. The molecule has 0 aliphatic carbocycles. The van der Waals surface area contributed by atoms with Crippen molar-refractivity contribution in [2.45, 2.75) is 52.6 Å². The third-order valence-corrected chi connectivity index (χ3v) is 4.01. The Morgan fingerprint density at radius 1 is 1.12 bits per heavy atom. The Balaban J connectivity index is 1.98. The predicted octanol–water partition coefficient (Wildman–Crippen LogP) is 4.95. The van der Waals surface area contributed by atoms with Gasteiger partial charge in [-0.15, -0.1) is 0 Å². The van der Waals surface area contributed by atoms with Gasteiger partial charge in [0.25, 0.3) is 5.91 Å². The number of carbonyl (C=O) groups excluding carboxylic acids is 1. The summed E-state index contributed by atoms with van der Waals surface area (Å²) in [5.41, 5.74) is 3.31. The van der Waals surface area contributed by atoms with Gasteiger partial charge in [-0.05, 0) is 54.2 Å². The number of anilines is 1. The lowest BCUT2D eigenvalue weighted by atomic mass is 9.87. The number of hydrogen-bond acceptors (Lipinski definition) is 2. The van der Waals surface area contributed by atoms with E-state index < -0.39 is 6.10 Å². The first kappa shape index (κ1) is 18.1. The number of benzene rings is 2. The van der Waals surface area contributed by atoms with Gasteiger partial charge < -0.3 is 10.1 Å². The molecule has 0 bridgehead atoms. The van der Waals surface area contributed by atoms with Crippen LogP contribution >= 0.6 is 0 Å². The molecule has 0 heterocycles. The zero-order valence-corrected chi connectivity index (χ0v) is 15.2. The molecule has 0 radical (unpaired) electrons. The maximum absolute atomic E-state index is 12.3. The fraction of sp³-hybridized carbons (Fsp3) is 0.381. The molecule has 0 aliphatic heterocycles. The highest BCUT2D eigenvalue weighted by Crippen LogP contribution is 2.23. The smallest absolute Gasteiger partial charge is 0.265 e. The maximum Gasteiger partial charge on any atom is 0.265 e. The minimum Gasteiger partial charge on any atom is -0.481 e. The van der Waals surface area contributed by atoms with E-state index in [1.54, 1.807) is 6.92 Å². The SMILES string of the molecule is CCc1cccc(OC(C)C(=O)Nc2ccc(C(C)(C)C)cc2)c1. The van der Waals surface area contributed by atoms with E-state index >= 15 is 0 Å². The van der Waals surface area contributed by atoms with Crippen molar-refractivity contribution >= 4 is 11.6 Å². The number of ether oxygens (including phenoxy) is 1. The van der Waals surface area contributed by atoms with E-state index in [0.29, 0.717) is 0 Å². The quantitative estimate of drug-likeness (QED) is 0.844. The summed E-state index contributed by atoms with van der Waals surface area (Å²) in [7, 11) is 0. The molecule has 0 fully saturated rings. The summed E-state index contributed by atoms with van der Waals surface area (Å²) in [6.07, 6.45) is 0.386. The van der Waals surface area contributed by atoms with Crippen LogP contribution in [-0.2, 0) is 16.6 Å². The standard InChI is InChI=1S/C21H27NO2/c1-6-16-8-7-9-19(14-16)24-15(2)20(23)22-18-12-10-17(11-13-18)21(3,4)5/h7-15H,6H2,1-5H3,(H,22,23). The van der Waals surface area contributed by atoms with Gasteiger partial charge in [0.15, 0.2) is 6.10 Å². The summed E-state index contributed by atoms with van der Waals surface area (Å²) in [6.45, 7) is 10.4. The molecule has 1 N–H and O–H groups in total. The van der Waals surface area contributed by atoms with E-state index in [1.165, 1.54) is 11.1 Å². The molecule has 1 atom stereocenters. The van der Waals surface area contributed by atoms with Crippen LogP contribution in [0.3, 0.4) is 0 Å². The van der Waals surface area contributed by atoms with Gasteiger partial charge in [-0.25, -0.2) is 0 Å². The normalized spacial score (nSPS) is 12.5. The molecule has 0 aromatic heterocycles. The van der Waals surface area contributed by atoms with Crippen LogP contribution in [0.25, 0.3) is 0 Å². The van der Waals surface area contributed by atoms with Crippen molar-refractivity contribution in [3.8, 4) is 5.75 Å². The lowest BCUT2D eigenvalue weighted by Crippen LogP contribution is -2.30. The van der Waals surface area contributed by atoms with Gasteiger partial charge >= 0.3 is 0 Å². The molecule has 1 amide bonds. The van der Waals surface area contributed by atoms with Crippen LogP contribution in [0.5, 0.6) is 5.75 Å². The van der Waals surface area contributed by atoms with Crippen molar-refractivity contribution in [1.29, 1.82) is 0 Å². The summed E-state index contributed by atoms with van der Waals surface area (Å²) >= 11 is 0. The number of rotatable bonds is 5. The Labute approximate surface area is 145 Å². The molecule has 3 heteroatoms. The Hall–Kier alpha value is -2.29. The van der Waals surface area contributed by atoms with Crippen molar-refractivity contribution in [3.05, 3.63) is 59.7 Å². The van der Waals surface area contributed by atoms with Crippen LogP contribution < -0.4 is 10.1 Å². The largest absolute Gasteiger partial charge is 0.481 e. The fourth-order valence-corrected chi connectivity index (χ4v) is 2.39. The lowest BCUT2D eigenvalue weighted by molar-refractivity contribution is -0.122. The van der Waals surface area contributed by atoms with Crippen LogP contribution in [0.15, 0.2) is 48.5 Å². The molecular formula is C21H27NO2. The van der Waals surface area contributed by atoms with E-state index in [9.17, 15) is 4.79 Å². The van der Waals surface area contributed by atoms with E-state index in [2.05, 4.69) is 33.0 Å². The molecule has 2 aromatic rings. The van der Waals surface area contributed by atoms with Gasteiger partial charge in [-0.3, -0.25) is 4.79 Å². The number of hydrogen-bond donors (Lipinski definition) is 1. The third kappa shape index (κ3) is 4.85. The van der Waals surface area contributed by atoms with E-state index in [4.69, 9.17) is 4.74 Å². The van der Waals surface area contributed by atoms with Crippen LogP contribution in [0.4, 0.5) is 5.69 Å². The third-order valence-electron chi connectivity index (χ3n) is 4.01. The fourth-order valence-electron chi connectivity index (χ4n) is 2.39. The highest BCUT2D eigenvalue weighted by molar-refractivity contribution is 5.94. The van der Waals surface area contributed by atoms with E-state index in [-0.39, 0.29) is 11.3 Å². The average Bonchev–Trinajstić information content (AvgIpc) is 2.54. The minimum atomic E-state index is -0.556. The van der Waals surface area contributed by atoms with E-state index in [0.717, 1.165) is 17.9 Å². The summed E-state index contributed by atoms with van der Waals surface area (Å²) < 4.78 is 5.76. The van der Waals surface area contributed by atoms with Gasteiger partial charge in [0.05, 0.1) is 0 Å². The number of amides is 1. The molecular weight excluding hydrogens is 298 g/mol. The summed E-state index contributed by atoms with van der Waals surface area (Å²) in [5.74, 6) is 0.570. The van der Waals surface area contributed by atoms with Crippen molar-refractivity contribution in [1.82, 2.24) is 0 Å². The molecule has 0 aliphatic rings. The average molecular weight is 325 g/mol. The maximum atomic E-state index is 12.3. The van der Waals surface area contributed by atoms with Gasteiger partial charge in [0.2, 0.25) is 0 Å². The number of aryl methyl sites for hydroxylation is 1. The molecule has 1 unspecified atom stereocenters. The van der Waals surface area contributed by atoms with Crippen LogP contribution in [-0.4, -0.2) is 12.0 Å². The highest BCUT2D eigenvalue weighted by atomic mass is 16.5. The topological polar surface area (TPSA) is 38.3 Å². The van der Waals surface area contributed by atoms with Crippen LogP contribution in [0, 0.1) is 0 Å². The number of nitrogens with one attached hydrogen (secondary N) is 1. The molecule has 0 saturated carbocycles. The lowest BCUT2D eigenvalue weighted by Gasteiger charge is -2.19. The number of carbonyl (C=O) groups is 1. The van der Waals surface area contributed by atoms with Crippen LogP contribution in [0.1, 0.15) is 45.7 Å². The molecule has 3 nitrogen and oxygen atoms in total. The van der Waals surface area contributed by atoms with Gasteiger partial charge in [-0.2, -0.15) is 0 Å². The van der Waals surface area contributed by atoms with Crippen molar-refractivity contribution in [2.24, 2.45) is 0 Å². The Morgan fingerprint density at radius 2 is 1.79 bits per heavy atom. The van der Waals surface area contributed by atoms with Gasteiger partial charge in [0.1, 0.15) is 5.75 Å². The van der Waals surface area contributed by atoms with Gasteiger partial charge in [0, 0.05) is 5.69 Å². The second-order valence-electron chi connectivity index (χ2n) is 7.08.